The van der Waals surface area contributed by atoms with Crippen LogP contribution in [0.2, 0.25) is 0 Å². The van der Waals surface area contributed by atoms with Crippen molar-refractivity contribution in [3.8, 4) is 0 Å². The van der Waals surface area contributed by atoms with Gasteiger partial charge in [-0.2, -0.15) is 10.2 Å². The van der Waals surface area contributed by atoms with E-state index in [9.17, 15) is 9.59 Å². The fourth-order valence-electron chi connectivity index (χ4n) is 5.41. The summed E-state index contributed by atoms with van der Waals surface area (Å²) in [5.41, 5.74) is 4.37. The summed E-state index contributed by atoms with van der Waals surface area (Å²) in [6, 6.07) is 31.5. The van der Waals surface area contributed by atoms with E-state index >= 15 is 0 Å². The molecule has 356 valence electrons. The smallest absolute Gasteiger partial charge is 0.233 e. The average molecular weight is 881 g/mol. The van der Waals surface area contributed by atoms with Crippen molar-refractivity contribution >= 4 is 23.5 Å². The van der Waals surface area contributed by atoms with Crippen molar-refractivity contribution in [3.63, 3.8) is 0 Å². The highest BCUT2D eigenvalue weighted by molar-refractivity contribution is 5.95. The first-order valence-corrected chi connectivity index (χ1v) is 24.1. The molecule has 64 heavy (non-hydrogen) atoms. The third-order valence-corrected chi connectivity index (χ3v) is 7.91. The molecule has 2 atom stereocenters. The topological polar surface area (TPSA) is 141 Å². The predicted molar refractivity (Wildman–Crippen MR) is 278 cm³/mol. The average Bonchev–Trinajstić information content (AvgIpc) is 4.15. The molecular formula is C54H88N8O2. The molecule has 6 aromatic rings. The number of carbonyl (C=O) groups excluding carboxylic acids is 2. The number of nitrogens with zero attached hydrogens (tertiary/aromatic N) is 4. The minimum Gasteiger partial charge on any atom is -0.310 e. The fraction of sp³-hybridized carbons (Fsp3) is 0.444. The SMILES string of the molecule is CC.CC.CC.CC.CC.CC.CC.CC.O=C(Nc1ccccn1)[C@@H](CCCc1ccccc1)c1cn[nH]c1.O=C(Nc1ccccn1)[C@H](CCCc1ccccc1)c1cn[nH]c1. The van der Waals surface area contributed by atoms with Gasteiger partial charge >= 0.3 is 0 Å². The van der Waals surface area contributed by atoms with Crippen LogP contribution < -0.4 is 10.6 Å². The zero-order valence-electron chi connectivity index (χ0n) is 42.7. The third kappa shape index (κ3) is 29.4. The Morgan fingerprint density at radius 3 is 1.03 bits per heavy atom. The number of benzene rings is 2. The normalized spacial score (nSPS) is 9.62. The molecule has 10 heteroatoms. The second-order valence-corrected chi connectivity index (χ2v) is 11.3. The molecule has 0 saturated heterocycles. The van der Waals surface area contributed by atoms with E-state index in [1.165, 1.54) is 11.1 Å². The zero-order valence-corrected chi connectivity index (χ0v) is 42.7. The van der Waals surface area contributed by atoms with E-state index in [0.29, 0.717) is 11.6 Å². The zero-order chi connectivity index (χ0) is 49.2. The number of H-pyrrole nitrogens is 2. The van der Waals surface area contributed by atoms with Crippen LogP contribution in [0.4, 0.5) is 11.6 Å². The van der Waals surface area contributed by atoms with Crippen LogP contribution in [0.1, 0.15) is 171 Å². The summed E-state index contributed by atoms with van der Waals surface area (Å²) in [5.74, 6) is 0.549. The summed E-state index contributed by atoms with van der Waals surface area (Å²) in [5, 5.41) is 19.3. The summed E-state index contributed by atoms with van der Waals surface area (Å²) >= 11 is 0. The van der Waals surface area contributed by atoms with Crippen LogP contribution in [-0.2, 0) is 22.4 Å². The van der Waals surface area contributed by atoms with Crippen LogP contribution >= 0.6 is 0 Å². The van der Waals surface area contributed by atoms with Gasteiger partial charge in [0.05, 0.1) is 24.2 Å². The minimum absolute atomic E-state index is 0.0526. The number of anilines is 2. The molecule has 0 unspecified atom stereocenters. The van der Waals surface area contributed by atoms with Crippen molar-refractivity contribution in [2.24, 2.45) is 0 Å². The van der Waals surface area contributed by atoms with Gasteiger partial charge < -0.3 is 10.6 Å². The highest BCUT2D eigenvalue weighted by atomic mass is 16.2. The largest absolute Gasteiger partial charge is 0.310 e. The maximum atomic E-state index is 12.7. The molecule has 0 saturated carbocycles. The molecule has 0 fully saturated rings. The van der Waals surface area contributed by atoms with Gasteiger partial charge in [0.2, 0.25) is 11.8 Å². The molecule has 0 radical (unpaired) electrons. The molecule has 0 aliphatic heterocycles. The Hall–Kier alpha value is -5.90. The van der Waals surface area contributed by atoms with Gasteiger partial charge in [-0.15, -0.1) is 0 Å². The lowest BCUT2D eigenvalue weighted by Crippen LogP contribution is -2.21. The number of carbonyl (C=O) groups is 2. The molecular weight excluding hydrogens is 793 g/mol. The quantitative estimate of drug-likeness (QED) is 0.0858. The Bertz CT molecular complexity index is 1620. The van der Waals surface area contributed by atoms with E-state index in [-0.39, 0.29) is 23.7 Å². The molecule has 2 amide bonds. The Morgan fingerprint density at radius 1 is 0.453 bits per heavy atom. The van der Waals surface area contributed by atoms with Crippen LogP contribution in [0.25, 0.3) is 0 Å². The number of hydrogen-bond acceptors (Lipinski definition) is 6. The maximum Gasteiger partial charge on any atom is 0.233 e. The second-order valence-electron chi connectivity index (χ2n) is 11.3. The molecule has 2 aromatic carbocycles. The Labute approximate surface area is 390 Å². The van der Waals surface area contributed by atoms with Crippen molar-refractivity contribution in [2.45, 2.75) is 161 Å². The van der Waals surface area contributed by atoms with E-state index < -0.39 is 0 Å². The number of hydrogen-bond donors (Lipinski definition) is 4. The van der Waals surface area contributed by atoms with Gasteiger partial charge in [-0.1, -0.05) is 184 Å². The van der Waals surface area contributed by atoms with E-state index in [1.807, 2.05) is 171 Å². The van der Waals surface area contributed by atoms with Crippen LogP contribution in [0.3, 0.4) is 0 Å². The number of nitrogens with one attached hydrogen (secondary N) is 4. The van der Waals surface area contributed by atoms with Crippen LogP contribution in [0, 0.1) is 0 Å². The lowest BCUT2D eigenvalue weighted by Gasteiger charge is -2.15. The lowest BCUT2D eigenvalue weighted by atomic mass is 9.94. The maximum absolute atomic E-state index is 12.7. The summed E-state index contributed by atoms with van der Waals surface area (Å²) in [7, 11) is 0. The van der Waals surface area contributed by atoms with Gasteiger partial charge in [0.25, 0.3) is 0 Å². The molecule has 0 bridgehead atoms. The Balaban J connectivity index is -0.000000429. The number of pyridine rings is 2. The second kappa shape index (κ2) is 49.8. The predicted octanol–water partition coefficient (Wildman–Crippen LogP) is 15.3. The highest BCUT2D eigenvalue weighted by Crippen LogP contribution is 2.25. The molecule has 0 aliphatic rings. The van der Waals surface area contributed by atoms with Crippen LogP contribution in [0.5, 0.6) is 0 Å². The van der Waals surface area contributed by atoms with Crippen molar-refractivity contribution in [3.05, 3.63) is 156 Å². The van der Waals surface area contributed by atoms with Gasteiger partial charge in [0, 0.05) is 35.9 Å². The molecule has 4 N–H and O–H groups in total. The van der Waals surface area contributed by atoms with E-state index in [1.54, 1.807) is 49.3 Å². The monoisotopic (exact) mass is 881 g/mol. The fourth-order valence-corrected chi connectivity index (χ4v) is 5.41. The van der Waals surface area contributed by atoms with Gasteiger partial charge in [-0.05, 0) is 73.9 Å². The minimum atomic E-state index is -0.241. The summed E-state index contributed by atoms with van der Waals surface area (Å²) in [6.45, 7) is 32.0. The number of aromatic nitrogens is 6. The lowest BCUT2D eigenvalue weighted by molar-refractivity contribution is -0.118. The van der Waals surface area contributed by atoms with Gasteiger partial charge in [-0.25, -0.2) is 9.97 Å². The van der Waals surface area contributed by atoms with Crippen LogP contribution in [-0.4, -0.2) is 42.2 Å². The molecule has 4 aromatic heterocycles. The van der Waals surface area contributed by atoms with Crippen molar-refractivity contribution in [1.82, 2.24) is 30.4 Å². The van der Waals surface area contributed by atoms with Crippen molar-refractivity contribution < 1.29 is 9.59 Å². The van der Waals surface area contributed by atoms with Gasteiger partial charge in [0.1, 0.15) is 11.6 Å². The molecule has 0 aliphatic carbocycles. The molecule has 0 spiro atoms. The van der Waals surface area contributed by atoms with Crippen LogP contribution in [0.15, 0.2) is 134 Å². The van der Waals surface area contributed by atoms with Gasteiger partial charge in [-0.3, -0.25) is 19.8 Å². The summed E-state index contributed by atoms with van der Waals surface area (Å²) in [4.78, 5) is 33.6. The van der Waals surface area contributed by atoms with E-state index in [0.717, 1.165) is 49.7 Å². The third-order valence-electron chi connectivity index (χ3n) is 7.91. The molecule has 4 heterocycles. The van der Waals surface area contributed by atoms with E-state index in [4.69, 9.17) is 0 Å². The Kier molecular flexibility index (Phi) is 50.3. The van der Waals surface area contributed by atoms with Crippen molar-refractivity contribution in [2.75, 3.05) is 10.6 Å². The van der Waals surface area contributed by atoms with Gasteiger partial charge in [0.15, 0.2) is 0 Å². The summed E-state index contributed by atoms with van der Waals surface area (Å²) < 4.78 is 0. The molecule has 10 nitrogen and oxygen atoms in total. The highest BCUT2D eigenvalue weighted by Gasteiger charge is 2.23. The number of amides is 2. The summed E-state index contributed by atoms with van der Waals surface area (Å²) in [6.07, 6.45) is 15.6. The molecule has 6 rings (SSSR count). The first-order chi connectivity index (χ1) is 31.7. The number of aryl methyl sites for hydroxylation is 2. The first kappa shape index (κ1) is 64.7. The standard InChI is InChI=1S/2C19H20N4O.8C2H6/c2*24-19(23-18-11-4-5-12-20-18)17(16-13-21-22-14-16)10-6-9-15-7-2-1-3-8-15;8*1-2/h2*1-5,7-8,11-14,17H,6,9-10H2,(H,21,22)(H,20,23,24);8*1-2H3/t2*17-;;;;;;;;/m10......../s1. The van der Waals surface area contributed by atoms with Crippen molar-refractivity contribution in [1.29, 1.82) is 0 Å². The Morgan fingerprint density at radius 2 is 0.766 bits per heavy atom. The van der Waals surface area contributed by atoms with E-state index in [2.05, 4.69) is 65.3 Å². The number of aromatic amines is 2. The number of rotatable bonds is 14. The first-order valence-electron chi connectivity index (χ1n) is 24.1.